The van der Waals surface area contributed by atoms with E-state index in [1.165, 1.54) is 48.3 Å². The Morgan fingerprint density at radius 3 is 2.35 bits per heavy atom. The summed E-state index contributed by atoms with van der Waals surface area (Å²) in [4.78, 5) is 10.8. The van der Waals surface area contributed by atoms with Crippen LogP contribution >= 0.6 is 0 Å². The first kappa shape index (κ1) is 15.6. The van der Waals surface area contributed by atoms with Crippen LogP contribution in [-0.4, -0.2) is 46.7 Å². The molecule has 1 aromatic carbocycles. The SMILES string of the molecule is Cn1nccc1S(=O)(=O)N1CC(F)(c2ccc(C(=O)O)cc2)C1. The number of sulfonamides is 1. The molecule has 7 nitrogen and oxygen atoms in total. The van der Waals surface area contributed by atoms with Gasteiger partial charge in [0.2, 0.25) is 0 Å². The summed E-state index contributed by atoms with van der Waals surface area (Å²) in [5, 5.41) is 12.6. The molecule has 0 radical (unpaired) electrons. The van der Waals surface area contributed by atoms with Gasteiger partial charge in [-0.05, 0) is 23.8 Å². The number of carboxylic acids is 1. The molecule has 23 heavy (non-hydrogen) atoms. The van der Waals surface area contributed by atoms with Crippen molar-refractivity contribution in [3.63, 3.8) is 0 Å². The molecule has 2 aromatic rings. The standard InChI is InChI=1S/C14H14FN3O4S/c1-17-12(6-7-16-17)23(21,22)18-8-14(15,9-18)11-4-2-10(3-5-11)13(19)20/h2-7H,8-9H2,1H3,(H,19,20). The highest BCUT2D eigenvalue weighted by molar-refractivity contribution is 7.89. The molecule has 0 amide bonds. The molecule has 9 heteroatoms. The number of carboxylic acid groups (broad SMARTS) is 1. The maximum Gasteiger partial charge on any atom is 0.335 e. The quantitative estimate of drug-likeness (QED) is 0.897. The number of carbonyl (C=O) groups is 1. The number of aryl methyl sites for hydroxylation is 1. The lowest BCUT2D eigenvalue weighted by atomic mass is 9.89. The van der Waals surface area contributed by atoms with Crippen molar-refractivity contribution in [3.8, 4) is 0 Å². The number of aromatic nitrogens is 2. The van der Waals surface area contributed by atoms with E-state index in [1.807, 2.05) is 0 Å². The van der Waals surface area contributed by atoms with Gasteiger partial charge in [-0.3, -0.25) is 4.68 Å². The van der Waals surface area contributed by atoms with E-state index >= 15 is 0 Å². The zero-order valence-electron chi connectivity index (χ0n) is 12.2. The van der Waals surface area contributed by atoms with Crippen LogP contribution in [0.15, 0.2) is 41.6 Å². The number of aromatic carboxylic acids is 1. The third-order valence-corrected chi connectivity index (χ3v) is 5.75. The van der Waals surface area contributed by atoms with E-state index in [9.17, 15) is 17.6 Å². The van der Waals surface area contributed by atoms with Crippen LogP contribution in [0.3, 0.4) is 0 Å². The number of benzene rings is 1. The Balaban J connectivity index is 1.79. The second-order valence-electron chi connectivity index (χ2n) is 5.41. The molecule has 0 aliphatic carbocycles. The summed E-state index contributed by atoms with van der Waals surface area (Å²) in [6.45, 7) is -0.625. The van der Waals surface area contributed by atoms with Crippen molar-refractivity contribution in [2.45, 2.75) is 10.7 Å². The molecule has 2 heterocycles. The highest BCUT2D eigenvalue weighted by atomic mass is 32.2. The number of rotatable bonds is 4. The lowest BCUT2D eigenvalue weighted by molar-refractivity contribution is 0.0176. The van der Waals surface area contributed by atoms with Crippen molar-refractivity contribution in [2.24, 2.45) is 7.05 Å². The van der Waals surface area contributed by atoms with Crippen molar-refractivity contribution in [1.29, 1.82) is 0 Å². The predicted molar refractivity (Wildman–Crippen MR) is 78.2 cm³/mol. The minimum Gasteiger partial charge on any atom is -0.478 e. The molecule has 0 atom stereocenters. The highest BCUT2D eigenvalue weighted by Gasteiger charge is 2.50. The molecule has 1 aromatic heterocycles. The van der Waals surface area contributed by atoms with E-state index < -0.39 is 21.7 Å². The first-order chi connectivity index (χ1) is 10.7. The second kappa shape index (κ2) is 5.14. The summed E-state index contributed by atoms with van der Waals surface area (Å²) in [7, 11) is -2.29. The van der Waals surface area contributed by atoms with Gasteiger partial charge < -0.3 is 5.11 Å². The van der Waals surface area contributed by atoms with Crippen molar-refractivity contribution in [3.05, 3.63) is 47.7 Å². The largest absolute Gasteiger partial charge is 0.478 e. The first-order valence-corrected chi connectivity index (χ1v) is 8.19. The second-order valence-corrected chi connectivity index (χ2v) is 7.30. The summed E-state index contributed by atoms with van der Waals surface area (Å²) >= 11 is 0. The topological polar surface area (TPSA) is 92.5 Å². The Morgan fingerprint density at radius 2 is 1.87 bits per heavy atom. The zero-order chi connectivity index (χ0) is 16.8. The first-order valence-electron chi connectivity index (χ1n) is 6.75. The van der Waals surface area contributed by atoms with Gasteiger partial charge in [0.1, 0.15) is 0 Å². The van der Waals surface area contributed by atoms with E-state index in [1.54, 1.807) is 0 Å². The summed E-state index contributed by atoms with van der Waals surface area (Å²) in [5.74, 6) is -1.10. The third-order valence-electron chi connectivity index (χ3n) is 3.88. The monoisotopic (exact) mass is 339 g/mol. The van der Waals surface area contributed by atoms with Crippen LogP contribution in [0.2, 0.25) is 0 Å². The fourth-order valence-corrected chi connectivity index (χ4v) is 4.15. The van der Waals surface area contributed by atoms with Crippen LogP contribution in [0.1, 0.15) is 15.9 Å². The molecule has 3 rings (SSSR count). The van der Waals surface area contributed by atoms with Gasteiger partial charge in [0.05, 0.1) is 24.8 Å². The number of alkyl halides is 1. The van der Waals surface area contributed by atoms with Gasteiger partial charge in [-0.25, -0.2) is 17.6 Å². The smallest absolute Gasteiger partial charge is 0.335 e. The summed E-state index contributed by atoms with van der Waals surface area (Å²) in [6, 6.07) is 6.71. The summed E-state index contributed by atoms with van der Waals surface area (Å²) < 4.78 is 41.8. The fraction of sp³-hybridized carbons (Fsp3) is 0.286. The van der Waals surface area contributed by atoms with Gasteiger partial charge in [0.25, 0.3) is 10.0 Å². The molecular weight excluding hydrogens is 325 g/mol. The van der Waals surface area contributed by atoms with Gasteiger partial charge >= 0.3 is 5.97 Å². The van der Waals surface area contributed by atoms with Crippen LogP contribution in [0.25, 0.3) is 0 Å². The Bertz CT molecular complexity index is 854. The molecule has 0 spiro atoms. The predicted octanol–water partition coefficient (Wildman–Crippen LogP) is 0.988. The Labute approximate surface area is 132 Å². The van der Waals surface area contributed by atoms with Gasteiger partial charge in [0, 0.05) is 7.05 Å². The summed E-state index contributed by atoms with van der Waals surface area (Å²) in [6.07, 6.45) is 1.36. The average Bonchev–Trinajstić information content (AvgIpc) is 2.91. The molecule has 0 saturated carbocycles. The molecule has 1 N–H and O–H groups in total. The molecule has 1 aliphatic heterocycles. The normalized spacial score (nSPS) is 17.7. The van der Waals surface area contributed by atoms with Crippen molar-refractivity contribution < 1.29 is 22.7 Å². The van der Waals surface area contributed by atoms with E-state index in [0.29, 0.717) is 0 Å². The summed E-state index contributed by atoms with van der Waals surface area (Å²) in [5.41, 5.74) is -1.50. The molecule has 122 valence electrons. The molecule has 1 aliphatic rings. The Hall–Kier alpha value is -2.26. The highest BCUT2D eigenvalue weighted by Crippen LogP contribution is 2.39. The van der Waals surface area contributed by atoms with Gasteiger partial charge in [0.15, 0.2) is 10.7 Å². The molecule has 1 saturated heterocycles. The molecule has 1 fully saturated rings. The molecule has 0 unspecified atom stereocenters. The minimum absolute atomic E-state index is 0.000718. The van der Waals surface area contributed by atoms with Crippen molar-refractivity contribution >= 4 is 16.0 Å². The lowest BCUT2D eigenvalue weighted by Crippen LogP contribution is -2.58. The van der Waals surface area contributed by atoms with E-state index in [2.05, 4.69) is 5.10 Å². The third kappa shape index (κ3) is 2.51. The minimum atomic E-state index is -3.79. The number of nitrogens with zero attached hydrogens (tertiary/aromatic N) is 3. The maximum atomic E-state index is 14.8. The van der Waals surface area contributed by atoms with E-state index in [4.69, 9.17) is 5.11 Å². The Morgan fingerprint density at radius 1 is 1.26 bits per heavy atom. The fourth-order valence-electron chi connectivity index (χ4n) is 2.52. The van der Waals surface area contributed by atoms with Gasteiger partial charge in [-0.15, -0.1) is 0 Å². The lowest BCUT2D eigenvalue weighted by Gasteiger charge is -2.43. The van der Waals surface area contributed by atoms with Crippen LogP contribution in [0, 0.1) is 0 Å². The number of hydrogen-bond acceptors (Lipinski definition) is 4. The van der Waals surface area contributed by atoms with Crippen LogP contribution in [-0.2, 0) is 22.7 Å². The van der Waals surface area contributed by atoms with Crippen molar-refractivity contribution in [2.75, 3.05) is 13.1 Å². The van der Waals surface area contributed by atoms with Gasteiger partial charge in [-0.2, -0.15) is 9.40 Å². The molecular formula is C14H14FN3O4S. The zero-order valence-corrected chi connectivity index (χ0v) is 13.0. The number of halogens is 1. The van der Waals surface area contributed by atoms with Gasteiger partial charge in [-0.1, -0.05) is 12.1 Å². The van der Waals surface area contributed by atoms with Crippen LogP contribution < -0.4 is 0 Å². The maximum absolute atomic E-state index is 14.8. The average molecular weight is 339 g/mol. The number of hydrogen-bond donors (Lipinski definition) is 1. The van der Waals surface area contributed by atoms with Crippen LogP contribution in [0.5, 0.6) is 0 Å². The van der Waals surface area contributed by atoms with E-state index in [-0.39, 0.29) is 29.2 Å². The molecule has 0 bridgehead atoms. The Kier molecular flexibility index (Phi) is 3.49. The van der Waals surface area contributed by atoms with E-state index in [0.717, 1.165) is 4.31 Å². The van der Waals surface area contributed by atoms with Crippen LogP contribution in [0.4, 0.5) is 4.39 Å². The van der Waals surface area contributed by atoms with Crippen molar-refractivity contribution in [1.82, 2.24) is 14.1 Å².